The van der Waals surface area contributed by atoms with Crippen molar-refractivity contribution >= 4 is 47.4 Å². The van der Waals surface area contributed by atoms with E-state index in [9.17, 15) is 4.79 Å². The van der Waals surface area contributed by atoms with Crippen LogP contribution in [0.3, 0.4) is 0 Å². The van der Waals surface area contributed by atoms with Gasteiger partial charge in [-0.1, -0.05) is 35.9 Å². The first kappa shape index (κ1) is 25.2. The summed E-state index contributed by atoms with van der Waals surface area (Å²) in [6.45, 7) is 9.43. The van der Waals surface area contributed by atoms with E-state index < -0.39 is 0 Å². The van der Waals surface area contributed by atoms with E-state index >= 15 is 0 Å². The molecule has 2 aromatic carbocycles. The molecule has 1 amide bonds. The van der Waals surface area contributed by atoms with Gasteiger partial charge in [0.25, 0.3) is 5.91 Å². The summed E-state index contributed by atoms with van der Waals surface area (Å²) in [6, 6.07) is 15.4. The maximum Gasteiger partial charge on any atom is 0.253 e. The number of rotatable bonds is 8. The monoisotopic (exact) mass is 528 g/mol. The SMILES string of the molecule is CCNC(=NCc1ccc(C(=O)N(CC)CC)cc1)NCc1ccc(Cl)cc1.I. The van der Waals surface area contributed by atoms with Gasteiger partial charge >= 0.3 is 0 Å². The zero-order valence-corrected chi connectivity index (χ0v) is 20.3. The smallest absolute Gasteiger partial charge is 0.253 e. The van der Waals surface area contributed by atoms with E-state index in [1.165, 1.54) is 0 Å². The maximum absolute atomic E-state index is 12.4. The van der Waals surface area contributed by atoms with Crippen LogP contribution in [0.2, 0.25) is 5.02 Å². The fourth-order valence-corrected chi connectivity index (χ4v) is 2.87. The van der Waals surface area contributed by atoms with Gasteiger partial charge < -0.3 is 15.5 Å². The third-order valence-electron chi connectivity index (χ3n) is 4.39. The summed E-state index contributed by atoms with van der Waals surface area (Å²) in [5.41, 5.74) is 2.90. The van der Waals surface area contributed by atoms with Crippen molar-refractivity contribution in [2.24, 2.45) is 4.99 Å². The average molecular weight is 529 g/mol. The van der Waals surface area contributed by atoms with E-state index in [1.807, 2.05) is 74.2 Å². The molecule has 0 aliphatic heterocycles. The Bertz CT molecular complexity index is 774. The lowest BCUT2D eigenvalue weighted by molar-refractivity contribution is 0.0773. The Hall–Kier alpha value is -1.80. The largest absolute Gasteiger partial charge is 0.357 e. The summed E-state index contributed by atoms with van der Waals surface area (Å²) in [5, 5.41) is 7.30. The van der Waals surface area contributed by atoms with Crippen molar-refractivity contribution in [1.29, 1.82) is 0 Å². The number of nitrogens with zero attached hydrogens (tertiary/aromatic N) is 2. The summed E-state index contributed by atoms with van der Waals surface area (Å²) in [5.74, 6) is 0.818. The third-order valence-corrected chi connectivity index (χ3v) is 4.64. The van der Waals surface area contributed by atoms with Crippen LogP contribution in [0.25, 0.3) is 0 Å². The Balaban J connectivity index is 0.00000420. The van der Waals surface area contributed by atoms with Crippen LogP contribution in [0.5, 0.6) is 0 Å². The van der Waals surface area contributed by atoms with E-state index in [0.29, 0.717) is 31.7 Å². The third kappa shape index (κ3) is 8.22. The van der Waals surface area contributed by atoms with Crippen LogP contribution in [0.15, 0.2) is 53.5 Å². The highest BCUT2D eigenvalue weighted by atomic mass is 127. The second kappa shape index (κ2) is 13.4. The highest BCUT2D eigenvalue weighted by molar-refractivity contribution is 14.0. The van der Waals surface area contributed by atoms with Crippen LogP contribution in [-0.2, 0) is 13.1 Å². The molecule has 0 spiro atoms. The number of aliphatic imine (C=N–C) groups is 1. The van der Waals surface area contributed by atoms with Gasteiger partial charge in [-0.05, 0) is 56.2 Å². The molecule has 0 aromatic heterocycles. The number of guanidine groups is 1. The average Bonchev–Trinajstić information content (AvgIpc) is 2.72. The Morgan fingerprint density at radius 2 is 1.52 bits per heavy atom. The number of halogens is 2. The quantitative estimate of drug-likeness (QED) is 0.297. The van der Waals surface area contributed by atoms with Gasteiger partial charge in [0, 0.05) is 36.8 Å². The van der Waals surface area contributed by atoms with Crippen molar-refractivity contribution < 1.29 is 4.79 Å². The molecule has 7 heteroatoms. The second-order valence-corrected chi connectivity index (χ2v) is 6.79. The number of hydrogen-bond acceptors (Lipinski definition) is 2. The number of carbonyl (C=O) groups is 1. The number of benzene rings is 2. The fourth-order valence-electron chi connectivity index (χ4n) is 2.75. The van der Waals surface area contributed by atoms with Crippen molar-refractivity contribution in [3.63, 3.8) is 0 Å². The summed E-state index contributed by atoms with van der Waals surface area (Å²) in [7, 11) is 0. The lowest BCUT2D eigenvalue weighted by Gasteiger charge is -2.18. The lowest BCUT2D eigenvalue weighted by Crippen LogP contribution is -2.36. The summed E-state index contributed by atoms with van der Waals surface area (Å²) in [6.07, 6.45) is 0. The molecular weight excluding hydrogens is 499 g/mol. The number of amides is 1. The van der Waals surface area contributed by atoms with Crippen LogP contribution in [-0.4, -0.2) is 36.4 Å². The summed E-state index contributed by atoms with van der Waals surface area (Å²) < 4.78 is 0. The lowest BCUT2D eigenvalue weighted by atomic mass is 10.1. The molecule has 0 heterocycles. The number of hydrogen-bond donors (Lipinski definition) is 2. The molecule has 0 unspecified atom stereocenters. The zero-order chi connectivity index (χ0) is 20.4. The van der Waals surface area contributed by atoms with Gasteiger partial charge in [0.1, 0.15) is 0 Å². The Morgan fingerprint density at radius 1 is 0.931 bits per heavy atom. The van der Waals surface area contributed by atoms with Gasteiger partial charge in [0.05, 0.1) is 6.54 Å². The molecule has 158 valence electrons. The van der Waals surface area contributed by atoms with Crippen molar-refractivity contribution in [3.05, 3.63) is 70.2 Å². The first-order valence-electron chi connectivity index (χ1n) is 9.72. The van der Waals surface area contributed by atoms with Gasteiger partial charge in [-0.3, -0.25) is 4.79 Å². The van der Waals surface area contributed by atoms with Gasteiger partial charge in [-0.15, -0.1) is 24.0 Å². The predicted molar refractivity (Wildman–Crippen MR) is 132 cm³/mol. The Morgan fingerprint density at radius 3 is 2.07 bits per heavy atom. The predicted octanol–water partition coefficient (Wildman–Crippen LogP) is 4.70. The van der Waals surface area contributed by atoms with Gasteiger partial charge in [-0.25, -0.2) is 4.99 Å². The summed E-state index contributed by atoms with van der Waals surface area (Å²) >= 11 is 5.93. The molecule has 0 saturated carbocycles. The zero-order valence-electron chi connectivity index (χ0n) is 17.2. The normalized spacial score (nSPS) is 10.8. The highest BCUT2D eigenvalue weighted by Crippen LogP contribution is 2.10. The molecule has 0 saturated heterocycles. The first-order valence-corrected chi connectivity index (χ1v) is 10.1. The highest BCUT2D eigenvalue weighted by Gasteiger charge is 2.11. The van der Waals surface area contributed by atoms with E-state index in [1.54, 1.807) is 0 Å². The minimum Gasteiger partial charge on any atom is -0.357 e. The van der Waals surface area contributed by atoms with Crippen molar-refractivity contribution in [2.75, 3.05) is 19.6 Å². The van der Waals surface area contributed by atoms with Crippen LogP contribution >= 0.6 is 35.6 Å². The minimum absolute atomic E-state index is 0. The van der Waals surface area contributed by atoms with Crippen molar-refractivity contribution in [1.82, 2.24) is 15.5 Å². The van der Waals surface area contributed by atoms with Crippen LogP contribution in [0, 0.1) is 0 Å². The van der Waals surface area contributed by atoms with Crippen LogP contribution in [0.1, 0.15) is 42.3 Å². The van der Waals surface area contributed by atoms with Gasteiger partial charge in [0.15, 0.2) is 5.96 Å². The fraction of sp³-hybridized carbons (Fsp3) is 0.364. The van der Waals surface area contributed by atoms with Crippen LogP contribution < -0.4 is 10.6 Å². The molecule has 5 nitrogen and oxygen atoms in total. The summed E-state index contributed by atoms with van der Waals surface area (Å²) in [4.78, 5) is 18.8. The van der Waals surface area contributed by atoms with E-state index in [2.05, 4.69) is 15.6 Å². The van der Waals surface area contributed by atoms with Crippen LogP contribution in [0.4, 0.5) is 0 Å². The molecule has 0 bridgehead atoms. The molecule has 29 heavy (non-hydrogen) atoms. The molecule has 0 aliphatic rings. The minimum atomic E-state index is 0. The molecule has 0 aliphatic carbocycles. The molecule has 0 atom stereocenters. The Kier molecular flexibility index (Phi) is 11.7. The molecular formula is C22H30ClIN4O. The number of nitrogens with one attached hydrogen (secondary N) is 2. The molecule has 2 rings (SSSR count). The topological polar surface area (TPSA) is 56.7 Å². The molecule has 0 fully saturated rings. The van der Waals surface area contributed by atoms with E-state index in [4.69, 9.17) is 11.6 Å². The molecule has 2 aromatic rings. The standard InChI is InChI=1S/C22H29ClN4O.HI/c1-4-24-22(26-16-18-9-13-20(23)14-10-18)25-15-17-7-11-19(12-8-17)21(28)27(5-2)6-3;/h7-14H,4-6,15-16H2,1-3H3,(H2,24,25,26);1H. The molecule has 0 radical (unpaired) electrons. The first-order chi connectivity index (χ1) is 13.6. The van der Waals surface area contributed by atoms with Gasteiger partial charge in [0.2, 0.25) is 0 Å². The maximum atomic E-state index is 12.4. The van der Waals surface area contributed by atoms with Crippen molar-refractivity contribution in [2.45, 2.75) is 33.9 Å². The van der Waals surface area contributed by atoms with Crippen molar-refractivity contribution in [3.8, 4) is 0 Å². The number of carbonyl (C=O) groups excluding carboxylic acids is 1. The second-order valence-electron chi connectivity index (χ2n) is 6.35. The van der Waals surface area contributed by atoms with E-state index in [0.717, 1.165) is 28.7 Å². The van der Waals surface area contributed by atoms with Gasteiger partial charge in [-0.2, -0.15) is 0 Å². The molecule has 2 N–H and O–H groups in total. The van der Waals surface area contributed by atoms with E-state index in [-0.39, 0.29) is 29.9 Å². The Labute approximate surface area is 196 Å².